The average molecular weight is 217 g/mol. The highest BCUT2D eigenvalue weighted by Gasteiger charge is 1.91. The molecule has 1 rings (SSSR count). The van der Waals surface area contributed by atoms with Gasteiger partial charge in [-0.25, -0.2) is 0 Å². The van der Waals surface area contributed by atoms with E-state index in [1.165, 1.54) is 24.8 Å². The van der Waals surface area contributed by atoms with Crippen LogP contribution in [0.2, 0.25) is 0 Å². The summed E-state index contributed by atoms with van der Waals surface area (Å²) in [4.78, 5) is 0. The SMILES string of the molecule is [CH2]Cc1ccc(OC=CCCCCC)cc1. The summed E-state index contributed by atoms with van der Waals surface area (Å²) < 4.78 is 5.48. The summed E-state index contributed by atoms with van der Waals surface area (Å²) in [6.45, 7) is 6.05. The molecule has 0 spiro atoms. The van der Waals surface area contributed by atoms with E-state index in [2.05, 4.69) is 19.9 Å². The van der Waals surface area contributed by atoms with E-state index in [9.17, 15) is 0 Å². The van der Waals surface area contributed by atoms with Gasteiger partial charge in [0.05, 0.1) is 6.26 Å². The number of hydrogen-bond acceptors (Lipinski definition) is 1. The first kappa shape index (κ1) is 12.8. The average Bonchev–Trinajstić information content (AvgIpc) is 2.34. The highest BCUT2D eigenvalue weighted by Crippen LogP contribution is 2.12. The Hall–Kier alpha value is -1.24. The van der Waals surface area contributed by atoms with Gasteiger partial charge in [-0.15, -0.1) is 0 Å². The zero-order chi connectivity index (χ0) is 11.6. The minimum Gasteiger partial charge on any atom is -0.465 e. The van der Waals surface area contributed by atoms with Crippen LogP contribution in [0.5, 0.6) is 5.75 Å². The molecule has 0 saturated carbocycles. The van der Waals surface area contributed by atoms with Gasteiger partial charge in [0, 0.05) is 0 Å². The molecule has 0 aliphatic rings. The van der Waals surface area contributed by atoms with Gasteiger partial charge in [-0.1, -0.05) is 31.9 Å². The summed E-state index contributed by atoms with van der Waals surface area (Å²) in [5, 5.41) is 0. The van der Waals surface area contributed by atoms with Crippen LogP contribution < -0.4 is 4.74 Å². The lowest BCUT2D eigenvalue weighted by atomic mass is 10.2. The van der Waals surface area contributed by atoms with Gasteiger partial charge in [0.2, 0.25) is 0 Å². The first-order valence-corrected chi connectivity index (χ1v) is 6.06. The quantitative estimate of drug-likeness (QED) is 0.481. The van der Waals surface area contributed by atoms with Gasteiger partial charge in [0.15, 0.2) is 0 Å². The lowest BCUT2D eigenvalue weighted by molar-refractivity contribution is 0.477. The standard InChI is InChI=1S/C15H21O/c1-3-5-6-7-8-13-16-15-11-9-14(4-2)10-12-15/h8-13H,2-7H2,1H3. The molecule has 16 heavy (non-hydrogen) atoms. The van der Waals surface area contributed by atoms with Crippen molar-refractivity contribution in [3.05, 3.63) is 49.1 Å². The van der Waals surface area contributed by atoms with Crippen LogP contribution >= 0.6 is 0 Å². The zero-order valence-corrected chi connectivity index (χ0v) is 10.1. The third-order valence-electron chi connectivity index (χ3n) is 2.49. The number of allylic oxidation sites excluding steroid dienone is 1. The first-order valence-electron chi connectivity index (χ1n) is 6.06. The van der Waals surface area contributed by atoms with Gasteiger partial charge in [0.1, 0.15) is 5.75 Å². The summed E-state index contributed by atoms with van der Waals surface area (Å²) in [6.07, 6.45) is 9.61. The van der Waals surface area contributed by atoms with E-state index >= 15 is 0 Å². The van der Waals surface area contributed by atoms with E-state index in [0.29, 0.717) is 0 Å². The second kappa shape index (κ2) is 7.98. The summed E-state index contributed by atoms with van der Waals surface area (Å²) in [5.74, 6) is 0.893. The lowest BCUT2D eigenvalue weighted by Crippen LogP contribution is -1.84. The van der Waals surface area contributed by atoms with E-state index in [0.717, 1.165) is 18.6 Å². The molecule has 0 aliphatic carbocycles. The monoisotopic (exact) mass is 217 g/mol. The topological polar surface area (TPSA) is 9.23 Å². The molecule has 0 saturated heterocycles. The number of rotatable bonds is 7. The van der Waals surface area contributed by atoms with Crippen molar-refractivity contribution in [2.24, 2.45) is 0 Å². The van der Waals surface area contributed by atoms with Crippen LogP contribution in [0.4, 0.5) is 0 Å². The highest BCUT2D eigenvalue weighted by molar-refractivity contribution is 5.28. The Kier molecular flexibility index (Phi) is 6.39. The van der Waals surface area contributed by atoms with Crippen molar-refractivity contribution >= 4 is 0 Å². The Morgan fingerprint density at radius 2 is 1.94 bits per heavy atom. The minimum absolute atomic E-state index is 0.827. The molecule has 0 heterocycles. The van der Waals surface area contributed by atoms with Crippen molar-refractivity contribution < 1.29 is 4.74 Å². The molecule has 1 radical (unpaired) electrons. The molecule has 1 nitrogen and oxygen atoms in total. The van der Waals surface area contributed by atoms with Crippen LogP contribution in [0.25, 0.3) is 0 Å². The molecule has 0 unspecified atom stereocenters. The molecule has 0 aliphatic heterocycles. The fraction of sp³-hybridized carbons (Fsp3) is 0.400. The number of hydrogen-bond donors (Lipinski definition) is 0. The Morgan fingerprint density at radius 3 is 2.56 bits per heavy atom. The van der Waals surface area contributed by atoms with Gasteiger partial charge < -0.3 is 4.74 Å². The van der Waals surface area contributed by atoms with E-state index < -0.39 is 0 Å². The van der Waals surface area contributed by atoms with Gasteiger partial charge in [0.25, 0.3) is 0 Å². The Bertz CT molecular complexity index is 298. The molecule has 0 fully saturated rings. The van der Waals surface area contributed by atoms with Gasteiger partial charge >= 0.3 is 0 Å². The fourth-order valence-corrected chi connectivity index (χ4v) is 1.44. The smallest absolute Gasteiger partial charge is 0.126 e. The first-order chi connectivity index (χ1) is 7.86. The van der Waals surface area contributed by atoms with Crippen LogP contribution in [-0.4, -0.2) is 0 Å². The highest BCUT2D eigenvalue weighted by atomic mass is 16.5. The maximum atomic E-state index is 5.48. The Balaban J connectivity index is 2.25. The summed E-state index contributed by atoms with van der Waals surface area (Å²) in [5.41, 5.74) is 1.24. The summed E-state index contributed by atoms with van der Waals surface area (Å²) in [7, 11) is 0. The molecular weight excluding hydrogens is 196 g/mol. The van der Waals surface area contributed by atoms with E-state index in [1.807, 2.05) is 24.3 Å². The van der Waals surface area contributed by atoms with E-state index in [1.54, 1.807) is 6.26 Å². The third-order valence-corrected chi connectivity index (χ3v) is 2.49. The normalized spacial score (nSPS) is 10.9. The van der Waals surface area contributed by atoms with Crippen molar-refractivity contribution in [1.29, 1.82) is 0 Å². The second-order valence-corrected chi connectivity index (χ2v) is 3.88. The van der Waals surface area contributed by atoms with Crippen molar-refractivity contribution in [2.75, 3.05) is 0 Å². The predicted octanol–water partition coefficient (Wildman–Crippen LogP) is 4.54. The Morgan fingerprint density at radius 1 is 1.19 bits per heavy atom. The van der Waals surface area contributed by atoms with Gasteiger partial charge in [-0.05, 0) is 50.0 Å². The molecule has 0 N–H and O–H groups in total. The fourth-order valence-electron chi connectivity index (χ4n) is 1.44. The van der Waals surface area contributed by atoms with E-state index in [4.69, 9.17) is 4.74 Å². The number of ether oxygens (including phenoxy) is 1. The van der Waals surface area contributed by atoms with E-state index in [-0.39, 0.29) is 0 Å². The molecule has 0 bridgehead atoms. The van der Waals surface area contributed by atoms with Crippen LogP contribution in [0, 0.1) is 6.92 Å². The van der Waals surface area contributed by atoms with Crippen LogP contribution in [0.1, 0.15) is 38.2 Å². The van der Waals surface area contributed by atoms with Gasteiger partial charge in [-0.3, -0.25) is 0 Å². The molecule has 0 atom stereocenters. The minimum atomic E-state index is 0.827. The third kappa shape index (κ3) is 5.01. The molecular formula is C15H21O. The number of benzene rings is 1. The van der Waals surface area contributed by atoms with Crippen LogP contribution in [0.3, 0.4) is 0 Å². The molecule has 0 aromatic heterocycles. The predicted molar refractivity (Wildman–Crippen MR) is 69.4 cm³/mol. The lowest BCUT2D eigenvalue weighted by Gasteiger charge is -2.01. The van der Waals surface area contributed by atoms with Crippen molar-refractivity contribution in [1.82, 2.24) is 0 Å². The largest absolute Gasteiger partial charge is 0.465 e. The summed E-state index contributed by atoms with van der Waals surface area (Å²) >= 11 is 0. The molecule has 87 valence electrons. The maximum Gasteiger partial charge on any atom is 0.126 e. The maximum absolute atomic E-state index is 5.48. The van der Waals surface area contributed by atoms with Crippen molar-refractivity contribution in [2.45, 2.75) is 39.0 Å². The van der Waals surface area contributed by atoms with Crippen molar-refractivity contribution in [3.8, 4) is 5.75 Å². The molecule has 1 aromatic rings. The van der Waals surface area contributed by atoms with Gasteiger partial charge in [-0.2, -0.15) is 0 Å². The Labute approximate surface area is 99.1 Å². The molecule has 1 heteroatoms. The second-order valence-electron chi connectivity index (χ2n) is 3.88. The molecule has 0 amide bonds. The van der Waals surface area contributed by atoms with Crippen LogP contribution in [-0.2, 0) is 6.42 Å². The zero-order valence-electron chi connectivity index (χ0n) is 10.1. The number of unbranched alkanes of at least 4 members (excludes halogenated alkanes) is 3. The van der Waals surface area contributed by atoms with Crippen LogP contribution in [0.15, 0.2) is 36.6 Å². The molecule has 1 aromatic carbocycles. The summed E-state index contributed by atoms with van der Waals surface area (Å²) in [6, 6.07) is 8.06. The van der Waals surface area contributed by atoms with Crippen molar-refractivity contribution in [3.63, 3.8) is 0 Å².